The first-order chi connectivity index (χ1) is 11.0. The maximum absolute atomic E-state index is 12.8. The zero-order chi connectivity index (χ0) is 16.6. The van der Waals surface area contributed by atoms with E-state index in [-0.39, 0.29) is 5.78 Å². The molecule has 0 atom stereocenters. The van der Waals surface area contributed by atoms with Crippen LogP contribution in [0.15, 0.2) is 42.9 Å². The quantitative estimate of drug-likeness (QED) is 0.663. The summed E-state index contributed by atoms with van der Waals surface area (Å²) in [7, 11) is 1.78. The number of halogens is 2. The first-order valence-corrected chi connectivity index (χ1v) is 7.67. The second-order valence-electron chi connectivity index (χ2n) is 5.21. The fourth-order valence-electron chi connectivity index (χ4n) is 2.40. The van der Waals surface area contributed by atoms with Gasteiger partial charge < -0.3 is 0 Å². The standard InChI is InChI=1S/C17H13Cl2N3O/c1-10-8-20-6-5-12(10)13-9-22(2)21-16(13)17(23)11-3-4-14(18)15(19)7-11/h3-9H,1-2H3. The van der Waals surface area contributed by atoms with E-state index < -0.39 is 0 Å². The Morgan fingerprint density at radius 2 is 1.91 bits per heavy atom. The molecule has 6 heteroatoms. The van der Waals surface area contributed by atoms with Crippen LogP contribution in [0.4, 0.5) is 0 Å². The number of carbonyl (C=O) groups is 1. The van der Waals surface area contributed by atoms with Crippen molar-refractivity contribution in [1.82, 2.24) is 14.8 Å². The van der Waals surface area contributed by atoms with E-state index in [1.54, 1.807) is 42.3 Å². The van der Waals surface area contributed by atoms with Crippen molar-refractivity contribution in [1.29, 1.82) is 0 Å². The molecule has 0 radical (unpaired) electrons. The summed E-state index contributed by atoms with van der Waals surface area (Å²) in [6, 6.07) is 6.69. The van der Waals surface area contributed by atoms with Gasteiger partial charge in [-0.25, -0.2) is 0 Å². The third kappa shape index (κ3) is 3.00. The van der Waals surface area contributed by atoms with Crippen LogP contribution in [-0.4, -0.2) is 20.5 Å². The molecule has 0 saturated carbocycles. The van der Waals surface area contributed by atoms with Crippen LogP contribution in [0.3, 0.4) is 0 Å². The lowest BCUT2D eigenvalue weighted by atomic mass is 9.99. The van der Waals surface area contributed by atoms with E-state index in [9.17, 15) is 4.79 Å². The van der Waals surface area contributed by atoms with Gasteiger partial charge in [0, 0.05) is 36.8 Å². The van der Waals surface area contributed by atoms with E-state index in [0.717, 1.165) is 16.7 Å². The number of carbonyl (C=O) groups excluding carboxylic acids is 1. The Bertz CT molecular complexity index is 903. The van der Waals surface area contributed by atoms with Crippen molar-refractivity contribution in [3.63, 3.8) is 0 Å². The lowest BCUT2D eigenvalue weighted by Crippen LogP contribution is -2.05. The molecular weight excluding hydrogens is 333 g/mol. The Kier molecular flexibility index (Phi) is 4.20. The molecule has 2 aromatic heterocycles. The van der Waals surface area contributed by atoms with Crippen LogP contribution in [-0.2, 0) is 7.05 Å². The molecule has 3 aromatic rings. The second-order valence-corrected chi connectivity index (χ2v) is 6.03. The summed E-state index contributed by atoms with van der Waals surface area (Å²) in [5.74, 6) is -0.199. The van der Waals surface area contributed by atoms with Gasteiger partial charge in [-0.2, -0.15) is 5.10 Å². The van der Waals surface area contributed by atoms with E-state index >= 15 is 0 Å². The van der Waals surface area contributed by atoms with Crippen molar-refractivity contribution in [2.24, 2.45) is 7.05 Å². The van der Waals surface area contributed by atoms with Crippen molar-refractivity contribution >= 4 is 29.0 Å². The lowest BCUT2D eigenvalue weighted by molar-refractivity contribution is 0.103. The average Bonchev–Trinajstić information content (AvgIpc) is 2.91. The monoisotopic (exact) mass is 345 g/mol. The van der Waals surface area contributed by atoms with Gasteiger partial charge in [0.2, 0.25) is 5.78 Å². The molecule has 0 unspecified atom stereocenters. The van der Waals surface area contributed by atoms with E-state index in [1.165, 1.54) is 0 Å². The van der Waals surface area contributed by atoms with Gasteiger partial charge in [-0.1, -0.05) is 23.2 Å². The summed E-state index contributed by atoms with van der Waals surface area (Å²) >= 11 is 11.9. The highest BCUT2D eigenvalue weighted by Gasteiger charge is 2.20. The molecule has 0 bridgehead atoms. The summed E-state index contributed by atoms with van der Waals surface area (Å²) in [6.45, 7) is 1.95. The van der Waals surface area contributed by atoms with Crippen LogP contribution in [0.5, 0.6) is 0 Å². The van der Waals surface area contributed by atoms with E-state index in [1.807, 2.05) is 19.2 Å². The number of ketones is 1. The predicted molar refractivity (Wildman–Crippen MR) is 91.1 cm³/mol. The molecule has 0 amide bonds. The highest BCUT2D eigenvalue weighted by molar-refractivity contribution is 6.42. The van der Waals surface area contributed by atoms with Gasteiger partial charge in [0.25, 0.3) is 0 Å². The van der Waals surface area contributed by atoms with Gasteiger partial charge in [0.1, 0.15) is 5.69 Å². The van der Waals surface area contributed by atoms with Crippen molar-refractivity contribution in [3.05, 3.63) is 69.7 Å². The summed E-state index contributed by atoms with van der Waals surface area (Å²) in [4.78, 5) is 16.9. The highest BCUT2D eigenvalue weighted by Crippen LogP contribution is 2.29. The number of benzene rings is 1. The van der Waals surface area contributed by atoms with E-state index in [0.29, 0.717) is 21.3 Å². The third-order valence-corrected chi connectivity index (χ3v) is 4.28. The molecule has 0 aliphatic rings. The first kappa shape index (κ1) is 15.7. The fourth-order valence-corrected chi connectivity index (χ4v) is 2.70. The molecule has 23 heavy (non-hydrogen) atoms. The predicted octanol–water partition coefficient (Wildman–Crippen LogP) is 4.33. The number of rotatable bonds is 3. The summed E-state index contributed by atoms with van der Waals surface area (Å²) in [6.07, 6.45) is 5.28. The largest absolute Gasteiger partial charge is 0.287 e. The Labute approximate surface area is 143 Å². The molecule has 2 heterocycles. The first-order valence-electron chi connectivity index (χ1n) is 6.91. The highest BCUT2D eigenvalue weighted by atomic mass is 35.5. The number of aromatic nitrogens is 3. The van der Waals surface area contributed by atoms with Crippen LogP contribution in [0.25, 0.3) is 11.1 Å². The average molecular weight is 346 g/mol. The molecule has 0 fully saturated rings. The minimum atomic E-state index is -0.199. The molecule has 0 N–H and O–H groups in total. The molecular formula is C17H13Cl2N3O. The smallest absolute Gasteiger partial charge is 0.213 e. The van der Waals surface area contributed by atoms with Gasteiger partial charge >= 0.3 is 0 Å². The van der Waals surface area contributed by atoms with Crippen LogP contribution in [0, 0.1) is 6.92 Å². The Balaban J connectivity index is 2.12. The summed E-state index contributed by atoms with van der Waals surface area (Å²) in [5, 5.41) is 5.08. The Morgan fingerprint density at radius 3 is 2.61 bits per heavy atom. The van der Waals surface area contributed by atoms with Crippen LogP contribution in [0.1, 0.15) is 21.6 Å². The van der Waals surface area contributed by atoms with Crippen molar-refractivity contribution in [2.45, 2.75) is 6.92 Å². The van der Waals surface area contributed by atoms with Crippen LogP contribution < -0.4 is 0 Å². The topological polar surface area (TPSA) is 47.8 Å². The van der Waals surface area contributed by atoms with Gasteiger partial charge in [-0.05, 0) is 42.3 Å². The maximum Gasteiger partial charge on any atom is 0.213 e. The van der Waals surface area contributed by atoms with Crippen molar-refractivity contribution in [3.8, 4) is 11.1 Å². The van der Waals surface area contributed by atoms with E-state index in [4.69, 9.17) is 23.2 Å². The number of hydrogen-bond donors (Lipinski definition) is 0. The number of aryl methyl sites for hydroxylation is 2. The fraction of sp³-hybridized carbons (Fsp3) is 0.118. The van der Waals surface area contributed by atoms with Crippen LogP contribution >= 0.6 is 23.2 Å². The number of pyridine rings is 1. The molecule has 0 aliphatic carbocycles. The van der Waals surface area contributed by atoms with Gasteiger partial charge in [0.05, 0.1) is 10.0 Å². The van der Waals surface area contributed by atoms with Crippen molar-refractivity contribution in [2.75, 3.05) is 0 Å². The summed E-state index contributed by atoms with van der Waals surface area (Å²) in [5.41, 5.74) is 3.50. The number of nitrogens with zero attached hydrogens (tertiary/aromatic N) is 3. The second kappa shape index (κ2) is 6.14. The lowest BCUT2D eigenvalue weighted by Gasteiger charge is -2.06. The molecule has 0 aliphatic heterocycles. The van der Waals surface area contributed by atoms with E-state index in [2.05, 4.69) is 10.1 Å². The normalized spacial score (nSPS) is 10.8. The third-order valence-electron chi connectivity index (χ3n) is 3.54. The summed E-state index contributed by atoms with van der Waals surface area (Å²) < 4.78 is 1.62. The molecule has 0 saturated heterocycles. The zero-order valence-electron chi connectivity index (χ0n) is 12.5. The Morgan fingerprint density at radius 1 is 1.13 bits per heavy atom. The molecule has 0 spiro atoms. The minimum absolute atomic E-state index is 0.199. The van der Waals surface area contributed by atoms with Gasteiger partial charge in [0.15, 0.2) is 0 Å². The van der Waals surface area contributed by atoms with Crippen molar-refractivity contribution < 1.29 is 4.79 Å². The molecule has 116 valence electrons. The maximum atomic E-state index is 12.8. The Hall–Kier alpha value is -2.17. The molecule has 1 aromatic carbocycles. The van der Waals surface area contributed by atoms with Gasteiger partial charge in [-0.3, -0.25) is 14.5 Å². The van der Waals surface area contributed by atoms with Gasteiger partial charge in [-0.15, -0.1) is 0 Å². The molecule has 4 nitrogen and oxygen atoms in total. The van der Waals surface area contributed by atoms with Crippen LogP contribution in [0.2, 0.25) is 10.0 Å². The minimum Gasteiger partial charge on any atom is -0.287 e. The SMILES string of the molecule is Cc1cnccc1-c1cn(C)nc1C(=O)c1ccc(Cl)c(Cl)c1. The zero-order valence-corrected chi connectivity index (χ0v) is 14.1. The molecule has 3 rings (SSSR count). The number of hydrogen-bond acceptors (Lipinski definition) is 3.